The maximum absolute atomic E-state index is 12.6. The van der Waals surface area contributed by atoms with E-state index in [1.165, 1.54) is 0 Å². The molecule has 2 heterocycles. The molecule has 4 rings (SSSR count). The quantitative estimate of drug-likeness (QED) is 0.701. The Morgan fingerprint density at radius 3 is 2.63 bits per heavy atom. The Labute approximate surface area is 155 Å². The molecule has 1 atom stereocenters. The molecule has 0 aliphatic carbocycles. The Balaban J connectivity index is 1.62. The number of aryl methyl sites for hydroxylation is 1. The molecule has 0 unspecified atom stereocenters. The van der Waals surface area contributed by atoms with Gasteiger partial charge in [-0.15, -0.1) is 0 Å². The summed E-state index contributed by atoms with van der Waals surface area (Å²) in [5, 5.41) is 6.51. The molecule has 0 bridgehead atoms. The van der Waals surface area contributed by atoms with Crippen LogP contribution >= 0.6 is 0 Å². The maximum Gasteiger partial charge on any atom is 0.230 e. The molecule has 0 fully saturated rings. The number of hydrogen-bond donors (Lipinski definition) is 2. The summed E-state index contributed by atoms with van der Waals surface area (Å²) in [7, 11) is 0. The number of ketones is 1. The molecule has 2 N–H and O–H groups in total. The van der Waals surface area contributed by atoms with Crippen molar-refractivity contribution in [2.24, 2.45) is 4.99 Å². The zero-order valence-electron chi connectivity index (χ0n) is 14.6. The predicted octanol–water partition coefficient (Wildman–Crippen LogP) is 2.48. The summed E-state index contributed by atoms with van der Waals surface area (Å²) in [6, 6.07) is 15.7. The lowest BCUT2D eigenvalue weighted by atomic mass is 10.0. The van der Waals surface area contributed by atoms with E-state index in [0.717, 1.165) is 16.6 Å². The van der Waals surface area contributed by atoms with Crippen LogP contribution in [0.1, 0.15) is 22.5 Å². The van der Waals surface area contributed by atoms with Crippen LogP contribution < -0.4 is 10.6 Å². The molecule has 0 radical (unpaired) electrons. The molecule has 1 aliphatic rings. The van der Waals surface area contributed by atoms with Gasteiger partial charge in [0.15, 0.2) is 5.78 Å². The average Bonchev–Trinajstić information content (AvgIpc) is 2.68. The van der Waals surface area contributed by atoms with E-state index in [-0.39, 0.29) is 24.1 Å². The molecule has 1 aliphatic heterocycles. The van der Waals surface area contributed by atoms with Crippen molar-refractivity contribution in [3.05, 3.63) is 65.9 Å². The molecule has 0 saturated heterocycles. The fourth-order valence-electron chi connectivity index (χ4n) is 3.00. The topological polar surface area (TPSA) is 96.3 Å². The fourth-order valence-corrected chi connectivity index (χ4v) is 3.00. The number of aromatic nitrogens is 2. The van der Waals surface area contributed by atoms with Gasteiger partial charge in [-0.05, 0) is 13.0 Å². The van der Waals surface area contributed by atoms with E-state index in [2.05, 4.69) is 25.6 Å². The summed E-state index contributed by atoms with van der Waals surface area (Å²) in [6.45, 7) is 1.89. The van der Waals surface area contributed by atoms with Crippen molar-refractivity contribution in [3.8, 4) is 0 Å². The summed E-state index contributed by atoms with van der Waals surface area (Å²) >= 11 is 0. The highest BCUT2D eigenvalue weighted by Gasteiger charge is 2.28. The molecule has 3 aromatic rings. The average molecular weight is 359 g/mol. The van der Waals surface area contributed by atoms with Crippen LogP contribution in [0.3, 0.4) is 0 Å². The van der Waals surface area contributed by atoms with Gasteiger partial charge in [0.25, 0.3) is 0 Å². The highest BCUT2D eigenvalue weighted by Crippen LogP contribution is 2.17. The Bertz CT molecular complexity index is 1060. The van der Waals surface area contributed by atoms with Crippen LogP contribution in [0, 0.1) is 6.92 Å². The van der Waals surface area contributed by atoms with E-state index in [0.29, 0.717) is 11.5 Å². The van der Waals surface area contributed by atoms with E-state index in [9.17, 15) is 9.59 Å². The number of carbonyl (C=O) groups is 2. The molecule has 2 aromatic carbocycles. The van der Waals surface area contributed by atoms with Gasteiger partial charge < -0.3 is 0 Å². The maximum atomic E-state index is 12.6. The zero-order chi connectivity index (χ0) is 18.8. The third kappa shape index (κ3) is 3.52. The number of anilines is 1. The molecule has 7 heteroatoms. The number of rotatable bonds is 3. The molecular formula is C20H17N5O2. The van der Waals surface area contributed by atoms with Crippen LogP contribution in [0.15, 0.2) is 59.6 Å². The van der Waals surface area contributed by atoms with Crippen LogP contribution in [0.25, 0.3) is 10.9 Å². The molecular weight excluding hydrogens is 342 g/mol. The number of benzene rings is 2. The normalized spacial score (nSPS) is 16.6. The van der Waals surface area contributed by atoms with Crippen molar-refractivity contribution in [2.45, 2.75) is 19.4 Å². The Morgan fingerprint density at radius 2 is 1.81 bits per heavy atom. The lowest BCUT2D eigenvalue weighted by Crippen LogP contribution is -2.44. The lowest BCUT2D eigenvalue weighted by Gasteiger charge is -2.20. The van der Waals surface area contributed by atoms with Crippen molar-refractivity contribution in [2.75, 3.05) is 5.32 Å². The molecule has 27 heavy (non-hydrogen) atoms. The first-order valence-electron chi connectivity index (χ1n) is 8.57. The Morgan fingerprint density at radius 1 is 1.07 bits per heavy atom. The molecule has 1 aromatic heterocycles. The van der Waals surface area contributed by atoms with E-state index < -0.39 is 6.04 Å². The minimum absolute atomic E-state index is 0.0104. The first kappa shape index (κ1) is 16.8. The number of para-hydroxylation sites is 1. The van der Waals surface area contributed by atoms with Gasteiger partial charge in [-0.25, -0.2) is 15.0 Å². The number of fused-ring (bicyclic) bond motifs is 1. The van der Waals surface area contributed by atoms with Crippen molar-refractivity contribution in [1.29, 1.82) is 0 Å². The first-order valence-corrected chi connectivity index (χ1v) is 8.57. The molecule has 1 amide bonds. The standard InChI is InChI=1S/C20H17N5O2/c1-12-14-9-5-6-10-15(14)22-19(21-12)25-20-23-16(11-17(26)24-20)18(27)13-7-3-2-4-8-13/h2-10,16H,11H2,1H3,(H2,21,22,23,24,25,26)/t16-/m0/s1. The largest absolute Gasteiger partial charge is 0.296 e. The molecule has 7 nitrogen and oxygen atoms in total. The van der Waals surface area contributed by atoms with Crippen molar-refractivity contribution in [1.82, 2.24) is 15.3 Å². The smallest absolute Gasteiger partial charge is 0.230 e. The van der Waals surface area contributed by atoms with Gasteiger partial charge in [0.2, 0.25) is 17.8 Å². The number of guanidine groups is 1. The van der Waals surface area contributed by atoms with E-state index in [1.807, 2.05) is 37.3 Å². The van der Waals surface area contributed by atoms with Crippen molar-refractivity contribution >= 4 is 34.5 Å². The lowest BCUT2D eigenvalue weighted by molar-refractivity contribution is -0.120. The second-order valence-corrected chi connectivity index (χ2v) is 6.25. The predicted molar refractivity (Wildman–Crippen MR) is 103 cm³/mol. The Hall–Kier alpha value is -3.61. The first-order chi connectivity index (χ1) is 13.1. The molecule has 0 saturated carbocycles. The van der Waals surface area contributed by atoms with E-state index >= 15 is 0 Å². The number of Topliss-reactive ketones (excluding diaryl/α,β-unsaturated/α-hetero) is 1. The minimum Gasteiger partial charge on any atom is -0.296 e. The third-order valence-corrected chi connectivity index (χ3v) is 4.31. The third-order valence-electron chi connectivity index (χ3n) is 4.31. The fraction of sp³-hybridized carbons (Fsp3) is 0.150. The van der Waals surface area contributed by atoms with E-state index in [4.69, 9.17) is 0 Å². The second-order valence-electron chi connectivity index (χ2n) is 6.25. The monoisotopic (exact) mass is 359 g/mol. The summed E-state index contributed by atoms with van der Waals surface area (Å²) in [4.78, 5) is 37.9. The highest BCUT2D eigenvalue weighted by molar-refractivity contribution is 6.11. The van der Waals surface area contributed by atoms with Gasteiger partial charge >= 0.3 is 0 Å². The number of aliphatic imine (C=N–C) groups is 1. The SMILES string of the molecule is Cc1nc(NC2=N[C@H](C(=O)c3ccccc3)CC(=O)N2)nc2ccccc12. The Kier molecular flexibility index (Phi) is 4.33. The summed E-state index contributed by atoms with van der Waals surface area (Å²) < 4.78 is 0. The number of nitrogens with one attached hydrogen (secondary N) is 2. The van der Waals surface area contributed by atoms with Gasteiger partial charge in [0.1, 0.15) is 6.04 Å². The van der Waals surface area contributed by atoms with Gasteiger partial charge in [-0.1, -0.05) is 48.5 Å². The summed E-state index contributed by atoms with van der Waals surface area (Å²) in [5.41, 5.74) is 2.12. The van der Waals surface area contributed by atoms with Gasteiger partial charge in [-0.2, -0.15) is 0 Å². The second kappa shape index (κ2) is 6.95. The zero-order valence-corrected chi connectivity index (χ0v) is 14.6. The van der Waals surface area contributed by atoms with E-state index in [1.54, 1.807) is 24.3 Å². The highest BCUT2D eigenvalue weighted by atomic mass is 16.2. The molecule has 134 valence electrons. The van der Waals surface area contributed by atoms with Gasteiger partial charge in [0, 0.05) is 10.9 Å². The van der Waals surface area contributed by atoms with Crippen LogP contribution in [-0.4, -0.2) is 33.7 Å². The minimum atomic E-state index is -0.773. The van der Waals surface area contributed by atoms with Gasteiger partial charge in [0.05, 0.1) is 17.6 Å². The van der Waals surface area contributed by atoms with Crippen LogP contribution in [0.4, 0.5) is 5.95 Å². The number of nitrogens with zero attached hydrogens (tertiary/aromatic N) is 3. The van der Waals surface area contributed by atoms with Gasteiger partial charge in [-0.3, -0.25) is 20.2 Å². The van der Waals surface area contributed by atoms with Crippen LogP contribution in [0.5, 0.6) is 0 Å². The van der Waals surface area contributed by atoms with Crippen molar-refractivity contribution in [3.63, 3.8) is 0 Å². The summed E-state index contributed by atoms with van der Waals surface area (Å²) in [5.74, 6) is 0.0212. The van der Waals surface area contributed by atoms with Crippen LogP contribution in [-0.2, 0) is 4.79 Å². The number of amides is 1. The summed E-state index contributed by atoms with van der Waals surface area (Å²) in [6.07, 6.45) is 0.0104. The number of hydrogen-bond acceptors (Lipinski definition) is 6. The number of carbonyl (C=O) groups excluding carboxylic acids is 2. The molecule has 0 spiro atoms. The van der Waals surface area contributed by atoms with Crippen LogP contribution in [0.2, 0.25) is 0 Å². The van der Waals surface area contributed by atoms with Crippen molar-refractivity contribution < 1.29 is 9.59 Å².